The molecule has 0 fully saturated rings. The van der Waals surface area contributed by atoms with Crippen molar-refractivity contribution < 1.29 is 47.7 Å². The van der Waals surface area contributed by atoms with E-state index in [-0.39, 0.29) is 57.3 Å². The third-order valence-electron chi connectivity index (χ3n) is 8.14. The molecule has 14 heteroatoms. The molecule has 0 aromatic rings. The number of nitrogens with one attached hydrogen (secondary N) is 1. The summed E-state index contributed by atoms with van der Waals surface area (Å²) in [4.78, 5) is 55.1. The number of carbonyl (C=O) groups excluding carboxylic acids is 3. The largest absolute Gasteiger partial charge is 0.462 e. The Hall–Kier alpha value is -1.21. The van der Waals surface area contributed by atoms with Crippen LogP contribution in [-0.2, 0) is 37.9 Å². The Balaban J connectivity index is 4.34. The summed E-state index contributed by atoms with van der Waals surface area (Å²) in [6, 6.07) is 0. The molecule has 12 nitrogen and oxygen atoms in total. The van der Waals surface area contributed by atoms with Crippen molar-refractivity contribution in [2.24, 2.45) is 5.73 Å². The highest BCUT2D eigenvalue weighted by atomic mass is 32.2. The van der Waals surface area contributed by atoms with Gasteiger partial charge in [-0.15, -0.1) is 0 Å². The Kier molecular flexibility index (Phi) is 34.0. The van der Waals surface area contributed by atoms with Crippen LogP contribution in [0.4, 0.5) is 0 Å². The molecule has 0 aromatic heterocycles. The van der Waals surface area contributed by atoms with Crippen molar-refractivity contribution in [1.29, 1.82) is 0 Å². The lowest BCUT2D eigenvalue weighted by Crippen LogP contribution is -2.29. The van der Waals surface area contributed by atoms with Gasteiger partial charge in [0, 0.05) is 37.3 Å². The summed E-state index contributed by atoms with van der Waals surface area (Å²) in [5, 5.41) is 2.77. The fourth-order valence-corrected chi connectivity index (χ4v) is 6.25. The van der Waals surface area contributed by atoms with Crippen LogP contribution in [0.5, 0.6) is 0 Å². The summed E-state index contributed by atoms with van der Waals surface area (Å²) >= 11 is 1.47. The molecule has 0 aliphatic rings. The molecule has 0 bridgehead atoms. The van der Waals surface area contributed by atoms with E-state index in [1.807, 2.05) is 0 Å². The standard InChI is InChI=1S/C36H71N2O10PS/c1-3-5-7-9-11-13-15-17-19-21-35(40)47-29-32(48-36(41)22-20-18-16-14-12-10-8-6-4-2)31-50-28-23-34(39)38-24-25-45-26-27-46-30-33(37)49(42,43)44/h32-33H,3-31,37H2,1-2H3,(H,38,39)(H2,42,43,44)/t32-,33?/m1/s1. The van der Waals surface area contributed by atoms with Crippen LogP contribution in [0.2, 0.25) is 0 Å². The van der Waals surface area contributed by atoms with E-state index in [1.165, 1.54) is 88.8 Å². The molecule has 5 N–H and O–H groups in total. The average Bonchev–Trinajstić information content (AvgIpc) is 3.08. The first-order valence-electron chi connectivity index (χ1n) is 19.3. The summed E-state index contributed by atoms with van der Waals surface area (Å²) in [6.07, 6.45) is 21.4. The van der Waals surface area contributed by atoms with Gasteiger partial charge >= 0.3 is 19.5 Å². The maximum Gasteiger partial charge on any atom is 0.344 e. The number of unbranched alkanes of at least 4 members (excludes halogenated alkanes) is 16. The van der Waals surface area contributed by atoms with Crippen LogP contribution < -0.4 is 11.1 Å². The molecule has 296 valence electrons. The normalized spacial score (nSPS) is 12.8. The van der Waals surface area contributed by atoms with Gasteiger partial charge < -0.3 is 39.8 Å². The molecule has 0 spiro atoms. The monoisotopic (exact) mass is 754 g/mol. The lowest BCUT2D eigenvalue weighted by molar-refractivity contribution is -0.157. The number of rotatable bonds is 37. The Morgan fingerprint density at radius 3 is 1.72 bits per heavy atom. The van der Waals surface area contributed by atoms with Gasteiger partial charge in [-0.25, -0.2) is 0 Å². The highest BCUT2D eigenvalue weighted by Crippen LogP contribution is 2.37. The molecule has 0 aromatic carbocycles. The van der Waals surface area contributed by atoms with Crippen molar-refractivity contribution in [1.82, 2.24) is 5.32 Å². The minimum absolute atomic E-state index is 0.0191. The summed E-state index contributed by atoms with van der Waals surface area (Å²) in [7, 11) is -4.37. The Morgan fingerprint density at radius 2 is 1.18 bits per heavy atom. The highest BCUT2D eigenvalue weighted by Gasteiger charge is 2.24. The molecule has 0 saturated carbocycles. The van der Waals surface area contributed by atoms with Gasteiger partial charge in [0.1, 0.15) is 18.5 Å². The zero-order chi connectivity index (χ0) is 37.1. The Morgan fingerprint density at radius 1 is 0.680 bits per heavy atom. The molecule has 0 aliphatic carbocycles. The lowest BCUT2D eigenvalue weighted by atomic mass is 10.1. The zero-order valence-corrected chi connectivity index (χ0v) is 33.0. The molecular weight excluding hydrogens is 683 g/mol. The van der Waals surface area contributed by atoms with Crippen molar-refractivity contribution in [2.45, 2.75) is 161 Å². The van der Waals surface area contributed by atoms with E-state index in [2.05, 4.69) is 19.2 Å². The highest BCUT2D eigenvalue weighted by molar-refractivity contribution is 7.99. The van der Waals surface area contributed by atoms with Crippen LogP contribution in [-0.4, -0.2) is 90.6 Å². The van der Waals surface area contributed by atoms with Crippen molar-refractivity contribution in [3.05, 3.63) is 0 Å². The van der Waals surface area contributed by atoms with Crippen LogP contribution >= 0.6 is 19.4 Å². The third-order valence-corrected chi connectivity index (χ3v) is 10.2. The maximum atomic E-state index is 12.6. The predicted octanol–water partition coefficient (Wildman–Crippen LogP) is 7.02. The van der Waals surface area contributed by atoms with E-state index in [4.69, 9.17) is 34.5 Å². The molecule has 0 rings (SSSR count). The number of hydrogen-bond acceptors (Lipinski definition) is 10. The molecule has 1 amide bonds. The van der Waals surface area contributed by atoms with Gasteiger partial charge in [-0.05, 0) is 12.8 Å². The van der Waals surface area contributed by atoms with Gasteiger partial charge in [-0.2, -0.15) is 11.8 Å². The number of ether oxygens (including phenoxy) is 4. The number of nitrogens with two attached hydrogens (primary N) is 1. The van der Waals surface area contributed by atoms with Gasteiger partial charge in [-0.1, -0.05) is 117 Å². The second-order valence-electron chi connectivity index (χ2n) is 13.0. The van der Waals surface area contributed by atoms with E-state index in [0.29, 0.717) is 30.9 Å². The van der Waals surface area contributed by atoms with Crippen LogP contribution in [0.15, 0.2) is 0 Å². The first-order chi connectivity index (χ1) is 24.1. The van der Waals surface area contributed by atoms with E-state index >= 15 is 0 Å². The predicted molar refractivity (Wildman–Crippen MR) is 201 cm³/mol. The molecule has 0 heterocycles. The average molecular weight is 755 g/mol. The van der Waals surface area contributed by atoms with Crippen LogP contribution in [0.25, 0.3) is 0 Å². The van der Waals surface area contributed by atoms with Crippen LogP contribution in [0.1, 0.15) is 149 Å². The lowest BCUT2D eigenvalue weighted by Gasteiger charge is -2.18. The van der Waals surface area contributed by atoms with Gasteiger partial charge in [0.25, 0.3) is 0 Å². The summed E-state index contributed by atoms with van der Waals surface area (Å²) in [6.45, 7) is 5.06. The van der Waals surface area contributed by atoms with Crippen molar-refractivity contribution in [3.8, 4) is 0 Å². The van der Waals surface area contributed by atoms with Crippen LogP contribution in [0, 0.1) is 0 Å². The minimum Gasteiger partial charge on any atom is -0.462 e. The first-order valence-corrected chi connectivity index (χ1v) is 22.1. The van der Waals surface area contributed by atoms with Crippen LogP contribution in [0.3, 0.4) is 0 Å². The van der Waals surface area contributed by atoms with Crippen molar-refractivity contribution in [3.63, 3.8) is 0 Å². The van der Waals surface area contributed by atoms with Gasteiger partial charge in [0.2, 0.25) is 5.91 Å². The fourth-order valence-electron chi connectivity index (χ4n) is 5.03. The number of amides is 1. The summed E-state index contributed by atoms with van der Waals surface area (Å²) < 4.78 is 32.6. The van der Waals surface area contributed by atoms with E-state index in [1.54, 1.807) is 0 Å². The molecule has 2 atom stereocenters. The summed E-state index contributed by atoms with van der Waals surface area (Å²) in [5.74, 6) is -1.11. The number of carbonyl (C=O) groups is 3. The third kappa shape index (κ3) is 33.9. The zero-order valence-electron chi connectivity index (χ0n) is 31.3. The van der Waals surface area contributed by atoms with Crippen molar-refractivity contribution >= 4 is 37.2 Å². The molecule has 0 saturated heterocycles. The molecule has 50 heavy (non-hydrogen) atoms. The van der Waals surface area contributed by atoms with E-state index in [9.17, 15) is 18.9 Å². The molecular formula is C36H71N2O10PS. The van der Waals surface area contributed by atoms with Gasteiger partial charge in [0.15, 0.2) is 0 Å². The topological polar surface area (TPSA) is 184 Å². The fraction of sp³-hybridized carbons (Fsp3) is 0.917. The van der Waals surface area contributed by atoms with Gasteiger partial charge in [0.05, 0.1) is 26.4 Å². The SMILES string of the molecule is CCCCCCCCCCCC(=O)OC[C@H](CSCCC(=O)NCCOCCOCC(N)P(=O)(O)O)OC(=O)CCCCCCCCCCC. The quantitative estimate of drug-likeness (QED) is 0.0289. The molecule has 0 radical (unpaired) electrons. The van der Waals surface area contributed by atoms with Crippen molar-refractivity contribution in [2.75, 3.05) is 51.1 Å². The minimum atomic E-state index is -4.37. The smallest absolute Gasteiger partial charge is 0.344 e. The number of hydrogen-bond donors (Lipinski definition) is 4. The second-order valence-corrected chi connectivity index (χ2v) is 16.0. The Bertz CT molecular complexity index is 880. The maximum absolute atomic E-state index is 12.6. The first kappa shape index (κ1) is 48.8. The molecule has 1 unspecified atom stereocenters. The number of thioether (sulfide) groups is 1. The molecule has 0 aliphatic heterocycles. The van der Waals surface area contributed by atoms with E-state index in [0.717, 1.165) is 38.5 Å². The second kappa shape index (κ2) is 34.9. The summed E-state index contributed by atoms with van der Waals surface area (Å²) in [5.41, 5.74) is 5.33. The van der Waals surface area contributed by atoms with Gasteiger partial charge in [-0.3, -0.25) is 18.9 Å². The number of esters is 2. The van der Waals surface area contributed by atoms with E-state index < -0.39 is 19.5 Å². The Labute approximate surface area is 307 Å².